The Labute approximate surface area is 473 Å². The fourth-order valence-electron chi connectivity index (χ4n) is 13.7. The third-order valence-corrected chi connectivity index (χ3v) is 20.3. The van der Waals surface area contributed by atoms with Crippen LogP contribution in [0.25, 0.3) is 0 Å². The van der Waals surface area contributed by atoms with Crippen molar-refractivity contribution in [2.45, 2.75) is 145 Å². The number of nitrogens with two attached hydrogens (primary N) is 3. The number of hydrogen-bond donors (Lipinski definition) is 12. The van der Waals surface area contributed by atoms with E-state index in [1.165, 1.54) is 0 Å². The molecule has 3 heterocycles. The Bertz CT molecular complexity index is 2880. The highest BCUT2D eigenvalue weighted by molar-refractivity contribution is 8.76. The average Bonchev–Trinajstić information content (AvgIpc) is 3.76. The minimum atomic E-state index is -1.42. The molecule has 8 rings (SSSR count). The maximum absolute atomic E-state index is 15.5. The van der Waals surface area contributed by atoms with Crippen LogP contribution in [-0.2, 0) is 28.2 Å². The molecule has 426 valence electrons. The molecule has 3 aliphatic heterocycles. The van der Waals surface area contributed by atoms with E-state index in [-0.39, 0.29) is 68.8 Å². The largest absolute Gasteiger partial charge is 0.508 e. The first-order valence-corrected chi connectivity index (χ1v) is 30.2. The maximum Gasteiger partial charge on any atom is 0.243 e. The van der Waals surface area contributed by atoms with Gasteiger partial charge < -0.3 is 58.3 Å². The number of phenolic OH excluding ortho intramolecular Hbond substituents is 1. The third kappa shape index (κ3) is 13.0. The monoisotopic (exact) mass is 1120 g/mol. The van der Waals surface area contributed by atoms with E-state index in [1.54, 1.807) is 71.0 Å². The fraction of sp³-hybridized carbons (Fsp3) is 0.500. The van der Waals surface area contributed by atoms with Gasteiger partial charge in [0.25, 0.3) is 0 Å². The number of benzene rings is 3. The Morgan fingerprint density at radius 3 is 2.49 bits per heavy atom. The predicted molar refractivity (Wildman–Crippen MR) is 315 cm³/mol. The van der Waals surface area contributed by atoms with E-state index in [2.05, 4.69) is 28.3 Å². The number of carbonyl (C=O) groups is 2. The zero-order valence-electron chi connectivity index (χ0n) is 46.0. The van der Waals surface area contributed by atoms with Gasteiger partial charge in [0.1, 0.15) is 18.0 Å². The van der Waals surface area contributed by atoms with E-state index in [4.69, 9.17) is 17.2 Å². The van der Waals surface area contributed by atoms with Crippen LogP contribution in [0.1, 0.15) is 136 Å². The van der Waals surface area contributed by atoms with Crippen LogP contribution in [0.3, 0.4) is 0 Å². The van der Waals surface area contributed by atoms with Gasteiger partial charge in [-0.1, -0.05) is 112 Å². The Morgan fingerprint density at radius 1 is 1.01 bits per heavy atom. The third-order valence-electron chi connectivity index (χ3n) is 18.0. The van der Waals surface area contributed by atoms with Gasteiger partial charge in [0.15, 0.2) is 11.7 Å². The molecule has 2 fully saturated rings. The zero-order chi connectivity index (χ0) is 56.9. The highest BCUT2D eigenvalue weighted by atomic mass is 33.1. The number of hydrogen-bond acceptors (Lipinski definition) is 14. The standard InChI is InChI=1S/C62H82N6O9S2/c1-34(2)12-21-51(72)35(3)8-6-11-40(31-69)45-23-25-62(57(45)75)50-20-18-43(71)27-37-9-7-10-39(26-37)49-33-79-78-32-41-15-19-46-55(47(41)28-52(73)36(4)44(50)22-24-61(62,5)77)56(59(76)68-58(46)63)66-30-53(74)54(49)48(29-67-60(64)65)38-13-16-42(70)17-14-38/h6-17,19,26,43,45,48-51,53-54,56-58,66,69-72,74-75,77H,3,18,20-25,27-33,63H2,1-2,4-5H3,(H,68,76)(H4,64,65,67). The minimum absolute atomic E-state index is 0.0627. The van der Waals surface area contributed by atoms with Gasteiger partial charge in [-0.2, -0.15) is 0 Å². The second kappa shape index (κ2) is 25.8. The first-order chi connectivity index (χ1) is 37.6. The lowest BCUT2D eigenvalue weighted by Crippen LogP contribution is -2.59. The van der Waals surface area contributed by atoms with Crippen molar-refractivity contribution in [3.05, 3.63) is 158 Å². The number of aliphatic hydroxyl groups excluding tert-OH is 5. The molecule has 15 nitrogen and oxygen atoms in total. The molecule has 2 saturated carbocycles. The summed E-state index contributed by atoms with van der Waals surface area (Å²) in [5, 5.41) is 89.3. The quantitative estimate of drug-likeness (QED) is 0.0316. The summed E-state index contributed by atoms with van der Waals surface area (Å²) in [6, 6.07) is 17.7. The summed E-state index contributed by atoms with van der Waals surface area (Å²) >= 11 is 0. The van der Waals surface area contributed by atoms with Crippen molar-refractivity contribution in [2.75, 3.05) is 25.4 Å². The number of fused-ring (bicyclic) bond motifs is 9. The Kier molecular flexibility index (Phi) is 19.6. The molecule has 79 heavy (non-hydrogen) atoms. The summed E-state index contributed by atoms with van der Waals surface area (Å²) < 4.78 is 0. The van der Waals surface area contributed by atoms with E-state index >= 15 is 4.79 Å². The molecule has 2 aliphatic carbocycles. The van der Waals surface area contributed by atoms with Gasteiger partial charge in [0.05, 0.1) is 36.6 Å². The van der Waals surface area contributed by atoms with Crippen LogP contribution in [0.5, 0.6) is 5.75 Å². The molecule has 3 aromatic carbocycles. The van der Waals surface area contributed by atoms with Crippen molar-refractivity contribution in [2.24, 2.45) is 45.4 Å². The van der Waals surface area contributed by atoms with Crippen molar-refractivity contribution < 1.29 is 45.3 Å². The smallest absolute Gasteiger partial charge is 0.243 e. The van der Waals surface area contributed by atoms with Crippen molar-refractivity contribution in [3.8, 4) is 5.75 Å². The zero-order valence-corrected chi connectivity index (χ0v) is 47.6. The van der Waals surface area contributed by atoms with Crippen molar-refractivity contribution in [1.29, 1.82) is 0 Å². The molecule has 0 saturated heterocycles. The second-order valence-corrected chi connectivity index (χ2v) is 25.6. The molecule has 0 radical (unpaired) electrons. The number of allylic oxidation sites excluding steroid dienone is 5. The first kappa shape index (κ1) is 60.1. The number of β-amino-alcohol motifs (C(OH)–C–C–N with tert-alkyl or cyclic N) is 1. The van der Waals surface area contributed by atoms with Crippen LogP contribution in [0, 0.1) is 23.2 Å². The molecule has 5 aliphatic rings. The second-order valence-electron chi connectivity index (χ2n) is 23.0. The van der Waals surface area contributed by atoms with Crippen molar-refractivity contribution in [3.63, 3.8) is 0 Å². The lowest BCUT2D eigenvalue weighted by molar-refractivity contribution is -0.168. The van der Waals surface area contributed by atoms with Crippen LogP contribution < -0.4 is 27.8 Å². The molecular formula is C62H82N6O9S2. The number of aliphatic hydroxyl groups is 6. The molecule has 1 amide bonds. The average molecular weight is 1120 g/mol. The number of rotatable bonds is 11. The normalized spacial score (nSPS) is 30.6. The maximum atomic E-state index is 15.5. The van der Waals surface area contributed by atoms with Crippen LogP contribution in [-0.4, -0.2) is 109 Å². The van der Waals surface area contributed by atoms with E-state index < -0.39 is 77.2 Å². The molecule has 13 unspecified atom stereocenters. The van der Waals surface area contributed by atoms with Crippen molar-refractivity contribution >= 4 is 39.2 Å². The van der Waals surface area contributed by atoms with Crippen LogP contribution >= 0.6 is 21.6 Å². The molecule has 17 heteroatoms. The molecule has 1 spiro atoms. The van der Waals surface area contributed by atoms with Gasteiger partial charge in [-0.3, -0.25) is 19.9 Å². The van der Waals surface area contributed by atoms with Gasteiger partial charge in [-0.05, 0) is 159 Å². The molecule has 6 bridgehead atoms. The lowest BCUT2D eigenvalue weighted by Gasteiger charge is -2.56. The van der Waals surface area contributed by atoms with Gasteiger partial charge in [0, 0.05) is 54.2 Å². The number of nitrogens with zero attached hydrogens (tertiary/aromatic N) is 1. The number of aliphatic imine (C=N–C) groups is 1. The molecule has 15 N–H and O–H groups in total. The number of ketones is 1. The summed E-state index contributed by atoms with van der Waals surface area (Å²) in [7, 11) is 3.24. The SMILES string of the molecule is C=C(C=CC=C(CO)C1CCC2(C3CCC(O)Cc4cccc(c4)C4CSSCc5ccc6c(c5CC(=O)C(C)=C3CCC2(C)O)C(NCC(O)C4C(CN=C(N)N)c2ccc(O)cc2)C(=O)NC6N)C1O)C(O)CC=C(C)C. The topological polar surface area (TPSA) is 290 Å². The van der Waals surface area contributed by atoms with Crippen molar-refractivity contribution in [1.82, 2.24) is 10.6 Å². The van der Waals surface area contributed by atoms with Gasteiger partial charge in [0.2, 0.25) is 5.91 Å². The number of nitrogens with one attached hydrogen (secondary N) is 2. The highest BCUT2D eigenvalue weighted by Crippen LogP contribution is 2.63. The number of guanidine groups is 1. The van der Waals surface area contributed by atoms with E-state index in [1.807, 2.05) is 57.2 Å². The summed E-state index contributed by atoms with van der Waals surface area (Å²) in [4.78, 5) is 34.4. The van der Waals surface area contributed by atoms with E-state index in [0.717, 1.165) is 33.4 Å². The highest BCUT2D eigenvalue weighted by Gasteiger charge is 2.64. The summed E-state index contributed by atoms with van der Waals surface area (Å²) in [6.45, 7) is 11.3. The number of Topliss-reactive ketones (excluding diaryl/α,β-unsaturated/α-hetero) is 1. The Hall–Kier alpha value is -5.05. The van der Waals surface area contributed by atoms with Gasteiger partial charge in [-0.15, -0.1) is 0 Å². The molecular weight excluding hydrogens is 1040 g/mol. The van der Waals surface area contributed by atoms with Gasteiger partial charge >= 0.3 is 0 Å². The number of amides is 1. The summed E-state index contributed by atoms with van der Waals surface area (Å²) in [6.07, 6.45) is 4.96. The Morgan fingerprint density at radius 2 is 1.77 bits per heavy atom. The predicted octanol–water partition coefficient (Wildman–Crippen LogP) is 6.62. The van der Waals surface area contributed by atoms with Crippen LogP contribution in [0.4, 0.5) is 0 Å². The fourth-order valence-corrected chi connectivity index (χ4v) is 16.2. The molecule has 13 atom stereocenters. The Balaban J connectivity index is 1.26. The summed E-state index contributed by atoms with van der Waals surface area (Å²) in [5.41, 5.74) is 24.9. The number of carbonyl (C=O) groups excluding carboxylic acids is 2. The number of phenols is 1. The van der Waals surface area contributed by atoms with E-state index in [9.17, 15) is 40.5 Å². The number of aromatic hydroxyl groups is 1. The molecule has 3 aromatic rings. The van der Waals surface area contributed by atoms with Crippen LogP contribution in [0.15, 0.2) is 124 Å². The minimum Gasteiger partial charge on any atom is -0.508 e. The molecule has 0 aromatic heterocycles. The van der Waals surface area contributed by atoms with Gasteiger partial charge in [-0.25, -0.2) is 0 Å². The van der Waals surface area contributed by atoms with Crippen LogP contribution in [0.2, 0.25) is 0 Å². The van der Waals surface area contributed by atoms with E-state index in [0.29, 0.717) is 77.0 Å². The lowest BCUT2D eigenvalue weighted by atomic mass is 9.52. The summed E-state index contributed by atoms with van der Waals surface area (Å²) in [5.74, 6) is -2.24. The first-order valence-electron chi connectivity index (χ1n) is 27.7.